The lowest BCUT2D eigenvalue weighted by Crippen LogP contribution is -2.37. The van der Waals surface area contributed by atoms with Crippen LogP contribution in [0.5, 0.6) is 5.75 Å². The molecule has 0 atom stereocenters. The smallest absolute Gasteiger partial charge is 0.470 e. The molecule has 0 N–H and O–H groups in total. The van der Waals surface area contributed by atoms with Crippen molar-refractivity contribution in [2.75, 3.05) is 7.11 Å². The van der Waals surface area contributed by atoms with Gasteiger partial charge in [0.15, 0.2) is 0 Å². The molecule has 1 aliphatic carbocycles. The van der Waals surface area contributed by atoms with Gasteiger partial charge in [-0.05, 0) is 30.5 Å². The lowest BCUT2D eigenvalue weighted by molar-refractivity contribution is -0.156. The number of hydrogen-bond acceptors (Lipinski definition) is 6. The molecule has 1 saturated carbocycles. The largest absolute Gasteiger partial charge is 0.497 e. The number of halogens is 3. The number of aromatic nitrogens is 4. The highest BCUT2D eigenvalue weighted by Gasteiger charge is 2.40. The van der Waals surface area contributed by atoms with Crippen LogP contribution < -0.4 is 4.74 Å². The maximum absolute atomic E-state index is 12.6. The lowest BCUT2D eigenvalue weighted by atomic mass is 9.62. The fourth-order valence-corrected chi connectivity index (χ4v) is 3.44. The Kier molecular flexibility index (Phi) is 4.52. The van der Waals surface area contributed by atoms with E-state index in [1.807, 2.05) is 18.2 Å². The molecular weight excluding hydrogens is 373 g/mol. The van der Waals surface area contributed by atoms with Crippen molar-refractivity contribution >= 4 is 0 Å². The lowest BCUT2D eigenvalue weighted by Gasteiger charge is -2.42. The molecule has 0 bridgehead atoms. The Morgan fingerprint density at radius 1 is 1.14 bits per heavy atom. The Balaban J connectivity index is 1.54. The van der Waals surface area contributed by atoms with Crippen molar-refractivity contribution in [2.45, 2.75) is 37.3 Å². The van der Waals surface area contributed by atoms with Gasteiger partial charge in [0.25, 0.3) is 5.89 Å². The van der Waals surface area contributed by atoms with Crippen molar-refractivity contribution in [1.82, 2.24) is 20.2 Å². The normalized spacial score (nSPS) is 15.9. The summed E-state index contributed by atoms with van der Waals surface area (Å²) in [5, 5.41) is 6.44. The van der Waals surface area contributed by atoms with Crippen molar-refractivity contribution in [1.29, 1.82) is 0 Å². The van der Waals surface area contributed by atoms with E-state index >= 15 is 0 Å². The van der Waals surface area contributed by atoms with E-state index in [2.05, 4.69) is 30.6 Å². The first-order valence-electron chi connectivity index (χ1n) is 8.76. The first-order valence-corrected chi connectivity index (χ1v) is 8.76. The molecule has 0 amide bonds. The van der Waals surface area contributed by atoms with Gasteiger partial charge in [-0.3, -0.25) is 0 Å². The topological polar surface area (TPSA) is 73.9 Å². The summed E-state index contributed by atoms with van der Waals surface area (Å²) < 4.78 is 47.8. The Labute approximate surface area is 158 Å². The number of nitrogens with zero attached hydrogens (tertiary/aromatic N) is 4. The molecule has 146 valence electrons. The molecule has 0 spiro atoms. The highest BCUT2D eigenvalue weighted by atomic mass is 19.4. The van der Waals surface area contributed by atoms with Crippen molar-refractivity contribution in [3.8, 4) is 17.2 Å². The second-order valence-electron chi connectivity index (χ2n) is 6.84. The van der Waals surface area contributed by atoms with E-state index in [1.54, 1.807) is 7.11 Å². The molecule has 2 heterocycles. The SMILES string of the molecule is COc1cccc(C2(Cc3ncc(-c4nnc(C(F)(F)F)o4)cn3)CCC2)c1. The predicted octanol–water partition coefficient (Wildman–Crippen LogP) is 4.22. The quantitative estimate of drug-likeness (QED) is 0.650. The average molecular weight is 390 g/mol. The molecule has 9 heteroatoms. The van der Waals surface area contributed by atoms with E-state index in [-0.39, 0.29) is 16.9 Å². The number of alkyl halides is 3. The maximum atomic E-state index is 12.6. The first kappa shape index (κ1) is 18.4. The summed E-state index contributed by atoms with van der Waals surface area (Å²) >= 11 is 0. The summed E-state index contributed by atoms with van der Waals surface area (Å²) in [5.41, 5.74) is 1.37. The Morgan fingerprint density at radius 2 is 1.89 bits per heavy atom. The Morgan fingerprint density at radius 3 is 2.46 bits per heavy atom. The van der Waals surface area contributed by atoms with E-state index in [0.29, 0.717) is 12.2 Å². The predicted molar refractivity (Wildman–Crippen MR) is 92.6 cm³/mol. The van der Waals surface area contributed by atoms with Crippen molar-refractivity contribution in [2.24, 2.45) is 0 Å². The molecule has 3 aromatic rings. The van der Waals surface area contributed by atoms with Crippen LogP contribution in [0.3, 0.4) is 0 Å². The van der Waals surface area contributed by atoms with Gasteiger partial charge < -0.3 is 9.15 Å². The first-order chi connectivity index (χ1) is 13.4. The molecule has 0 saturated heterocycles. The van der Waals surface area contributed by atoms with E-state index in [1.165, 1.54) is 18.0 Å². The average Bonchev–Trinajstić information content (AvgIpc) is 3.16. The summed E-state index contributed by atoms with van der Waals surface area (Å²) in [6.07, 6.45) is 1.94. The standard InChI is InChI=1S/C19H17F3N4O2/c1-27-14-5-2-4-13(8-14)18(6-3-7-18)9-15-23-10-12(11-24-15)16-25-26-17(28-16)19(20,21)22/h2,4-5,8,10-11H,3,6-7,9H2,1H3. The number of benzene rings is 1. The molecule has 1 fully saturated rings. The summed E-state index contributed by atoms with van der Waals surface area (Å²) in [7, 11) is 1.64. The van der Waals surface area contributed by atoms with Crippen LogP contribution in [0.4, 0.5) is 13.2 Å². The van der Waals surface area contributed by atoms with Gasteiger partial charge in [-0.15, -0.1) is 10.2 Å². The van der Waals surface area contributed by atoms with E-state index in [4.69, 9.17) is 4.74 Å². The van der Waals surface area contributed by atoms with E-state index in [0.717, 1.165) is 25.0 Å². The van der Waals surface area contributed by atoms with Gasteiger partial charge in [-0.2, -0.15) is 13.2 Å². The van der Waals surface area contributed by atoms with Gasteiger partial charge >= 0.3 is 12.1 Å². The minimum Gasteiger partial charge on any atom is -0.497 e. The van der Waals surface area contributed by atoms with Gasteiger partial charge in [0.2, 0.25) is 0 Å². The zero-order valence-corrected chi connectivity index (χ0v) is 15.0. The van der Waals surface area contributed by atoms with Crippen LogP contribution in [0.25, 0.3) is 11.5 Å². The van der Waals surface area contributed by atoms with Crippen LogP contribution >= 0.6 is 0 Å². The minimum absolute atomic E-state index is 0.0516. The van der Waals surface area contributed by atoms with Crippen LogP contribution in [-0.4, -0.2) is 27.3 Å². The van der Waals surface area contributed by atoms with E-state index in [9.17, 15) is 13.2 Å². The third kappa shape index (κ3) is 3.44. The molecule has 0 radical (unpaired) electrons. The fraction of sp³-hybridized carbons (Fsp3) is 0.368. The second-order valence-corrected chi connectivity index (χ2v) is 6.84. The third-order valence-corrected chi connectivity index (χ3v) is 5.11. The molecule has 1 aromatic carbocycles. The monoisotopic (exact) mass is 390 g/mol. The van der Waals surface area contributed by atoms with Crippen LogP contribution in [0.15, 0.2) is 41.1 Å². The molecular formula is C19H17F3N4O2. The van der Waals surface area contributed by atoms with Crippen molar-refractivity contribution < 1.29 is 22.3 Å². The molecule has 1 aliphatic rings. The van der Waals surface area contributed by atoms with Crippen molar-refractivity contribution in [3.63, 3.8) is 0 Å². The van der Waals surface area contributed by atoms with Gasteiger partial charge in [0.05, 0.1) is 12.7 Å². The van der Waals surface area contributed by atoms with Crippen LogP contribution in [0.1, 0.15) is 36.5 Å². The molecule has 2 aromatic heterocycles. The van der Waals surface area contributed by atoms with Gasteiger partial charge in [0.1, 0.15) is 11.6 Å². The van der Waals surface area contributed by atoms with E-state index < -0.39 is 12.1 Å². The molecule has 28 heavy (non-hydrogen) atoms. The summed E-state index contributed by atoms with van der Waals surface area (Å²) in [6.45, 7) is 0. The third-order valence-electron chi connectivity index (χ3n) is 5.11. The number of ether oxygens (including phenoxy) is 1. The fourth-order valence-electron chi connectivity index (χ4n) is 3.44. The number of methoxy groups -OCH3 is 1. The van der Waals surface area contributed by atoms with Crippen LogP contribution in [0, 0.1) is 0 Å². The second kappa shape index (κ2) is 6.88. The molecule has 6 nitrogen and oxygen atoms in total. The number of hydrogen-bond donors (Lipinski definition) is 0. The van der Waals surface area contributed by atoms with Gasteiger partial charge in [-0.25, -0.2) is 9.97 Å². The zero-order valence-electron chi connectivity index (χ0n) is 15.0. The summed E-state index contributed by atoms with van der Waals surface area (Å²) in [4.78, 5) is 8.62. The Hall–Kier alpha value is -2.97. The molecule has 4 rings (SSSR count). The molecule has 0 aliphatic heterocycles. The summed E-state index contributed by atoms with van der Waals surface area (Å²) in [6, 6.07) is 7.98. The zero-order chi connectivity index (χ0) is 19.8. The molecule has 0 unspecified atom stereocenters. The Bertz CT molecular complexity index is 966. The summed E-state index contributed by atoms with van der Waals surface area (Å²) in [5.74, 6) is -0.234. The minimum atomic E-state index is -4.68. The van der Waals surface area contributed by atoms with Gasteiger partial charge in [-0.1, -0.05) is 18.6 Å². The maximum Gasteiger partial charge on any atom is 0.470 e. The van der Waals surface area contributed by atoms with Crippen LogP contribution in [0.2, 0.25) is 0 Å². The van der Waals surface area contributed by atoms with Crippen molar-refractivity contribution in [3.05, 3.63) is 53.9 Å². The van der Waals surface area contributed by atoms with Gasteiger partial charge in [0, 0.05) is 24.2 Å². The van der Waals surface area contributed by atoms with Crippen LogP contribution in [-0.2, 0) is 18.0 Å². The number of rotatable bonds is 5. The highest BCUT2D eigenvalue weighted by Crippen LogP contribution is 2.46. The highest BCUT2D eigenvalue weighted by molar-refractivity contribution is 5.49.